The maximum Gasteiger partial charge on any atom is 0.255 e. The molecule has 0 spiro atoms. The van der Waals surface area contributed by atoms with Gasteiger partial charge in [-0.3, -0.25) is 14.6 Å². The molecule has 9 nitrogen and oxygen atoms in total. The number of nitrogens with one attached hydrogen (secondary N) is 1. The highest BCUT2D eigenvalue weighted by atomic mass is 16.5. The molecule has 9 heteroatoms. The topological polar surface area (TPSA) is 97.0 Å². The molecule has 1 N–H and O–H groups in total. The maximum atomic E-state index is 12.7. The minimum Gasteiger partial charge on any atom is -0.497 e. The summed E-state index contributed by atoms with van der Waals surface area (Å²) < 4.78 is 16.0. The molecule has 168 valence electrons. The molecule has 0 atom stereocenters. The molecule has 3 rings (SSSR count). The summed E-state index contributed by atoms with van der Waals surface area (Å²) in [5.41, 5.74) is 1.88. The number of aryl methyl sites for hydroxylation is 1. The van der Waals surface area contributed by atoms with E-state index in [4.69, 9.17) is 14.2 Å². The molecular weight excluding hydrogens is 400 g/mol. The molecule has 1 fully saturated rings. The van der Waals surface area contributed by atoms with E-state index in [0.717, 1.165) is 5.56 Å². The molecule has 31 heavy (non-hydrogen) atoms. The van der Waals surface area contributed by atoms with Crippen LogP contribution in [0, 0.1) is 6.92 Å². The van der Waals surface area contributed by atoms with Crippen molar-refractivity contribution in [2.45, 2.75) is 26.3 Å². The smallest absolute Gasteiger partial charge is 0.255 e. The molecule has 2 heterocycles. The van der Waals surface area contributed by atoms with Crippen molar-refractivity contribution in [1.29, 1.82) is 0 Å². The van der Waals surface area contributed by atoms with Gasteiger partial charge in [0.2, 0.25) is 11.9 Å². The lowest BCUT2D eigenvalue weighted by Gasteiger charge is -2.27. The highest BCUT2D eigenvalue weighted by Crippen LogP contribution is 2.25. The highest BCUT2D eigenvalue weighted by molar-refractivity contribution is 5.76. The molecule has 1 saturated heterocycles. The van der Waals surface area contributed by atoms with Gasteiger partial charge in [-0.15, -0.1) is 0 Å². The third-order valence-corrected chi connectivity index (χ3v) is 5.44. The predicted molar refractivity (Wildman–Crippen MR) is 117 cm³/mol. The third kappa shape index (κ3) is 5.55. The van der Waals surface area contributed by atoms with Crippen LogP contribution >= 0.6 is 0 Å². The van der Waals surface area contributed by atoms with Crippen LogP contribution in [0.15, 0.2) is 23.0 Å². The van der Waals surface area contributed by atoms with Crippen molar-refractivity contribution in [3.63, 3.8) is 0 Å². The van der Waals surface area contributed by atoms with Crippen molar-refractivity contribution in [1.82, 2.24) is 14.9 Å². The number of H-pyrrole nitrogens is 1. The zero-order chi connectivity index (χ0) is 22.4. The van der Waals surface area contributed by atoms with Gasteiger partial charge in [0.25, 0.3) is 5.56 Å². The van der Waals surface area contributed by atoms with Crippen LogP contribution in [0.25, 0.3) is 0 Å². The van der Waals surface area contributed by atoms with Gasteiger partial charge in [-0.05, 0) is 25.5 Å². The zero-order valence-corrected chi connectivity index (χ0v) is 18.6. The number of hydrogen-bond acceptors (Lipinski definition) is 7. The number of aromatic nitrogens is 2. The number of aromatic amines is 1. The number of benzene rings is 1. The highest BCUT2D eigenvalue weighted by Gasteiger charge is 2.18. The Bertz CT molecular complexity index is 969. The molecule has 2 aromatic rings. The second-order valence-corrected chi connectivity index (χ2v) is 7.48. The third-order valence-electron chi connectivity index (χ3n) is 5.44. The minimum atomic E-state index is -0.193. The summed E-state index contributed by atoms with van der Waals surface area (Å²) >= 11 is 0. The van der Waals surface area contributed by atoms with E-state index in [1.807, 2.05) is 24.0 Å². The molecule has 1 amide bonds. The van der Waals surface area contributed by atoms with Crippen molar-refractivity contribution >= 4 is 11.9 Å². The van der Waals surface area contributed by atoms with Crippen LogP contribution in [0.5, 0.6) is 11.5 Å². The Balaban J connectivity index is 1.63. The monoisotopic (exact) mass is 430 g/mol. The van der Waals surface area contributed by atoms with Crippen LogP contribution in [0.4, 0.5) is 5.95 Å². The van der Waals surface area contributed by atoms with Gasteiger partial charge in [0.1, 0.15) is 11.5 Å². The van der Waals surface area contributed by atoms with E-state index in [1.165, 1.54) is 0 Å². The number of methoxy groups -OCH3 is 2. The molecular formula is C22H30N4O5. The molecule has 1 aliphatic rings. The van der Waals surface area contributed by atoms with Crippen molar-refractivity contribution < 1.29 is 19.0 Å². The first-order valence-corrected chi connectivity index (χ1v) is 10.3. The normalized spacial score (nSPS) is 13.7. The first kappa shape index (κ1) is 22.6. The Morgan fingerprint density at radius 3 is 2.65 bits per heavy atom. The zero-order valence-electron chi connectivity index (χ0n) is 18.6. The second kappa shape index (κ2) is 10.3. The van der Waals surface area contributed by atoms with Gasteiger partial charge in [-0.2, -0.15) is 0 Å². The minimum absolute atomic E-state index is 0.0612. The van der Waals surface area contributed by atoms with E-state index < -0.39 is 0 Å². The fraction of sp³-hybridized carbons (Fsp3) is 0.500. The molecule has 0 bridgehead atoms. The van der Waals surface area contributed by atoms with E-state index in [0.29, 0.717) is 68.0 Å². The number of rotatable bonds is 8. The average molecular weight is 431 g/mol. The van der Waals surface area contributed by atoms with Crippen LogP contribution in [0.3, 0.4) is 0 Å². The Labute approximate surface area is 181 Å². The molecule has 1 aromatic heterocycles. The van der Waals surface area contributed by atoms with Gasteiger partial charge in [-0.1, -0.05) is 0 Å². The number of nitrogens with zero attached hydrogens (tertiary/aromatic N) is 3. The maximum absolute atomic E-state index is 12.7. The summed E-state index contributed by atoms with van der Waals surface area (Å²) in [7, 11) is 4.92. The summed E-state index contributed by atoms with van der Waals surface area (Å²) in [6, 6.07) is 5.50. The first-order chi connectivity index (χ1) is 14.9. The number of ether oxygens (including phenoxy) is 3. The van der Waals surface area contributed by atoms with E-state index in [9.17, 15) is 9.59 Å². The van der Waals surface area contributed by atoms with Gasteiger partial charge in [0.15, 0.2) is 0 Å². The van der Waals surface area contributed by atoms with Crippen LogP contribution < -0.4 is 19.9 Å². The Hall–Kier alpha value is -3.07. The lowest BCUT2D eigenvalue weighted by molar-refractivity contribution is -0.130. The van der Waals surface area contributed by atoms with Crippen LogP contribution in [0.1, 0.15) is 23.2 Å². The largest absolute Gasteiger partial charge is 0.497 e. The molecule has 0 unspecified atom stereocenters. The lowest BCUT2D eigenvalue weighted by atomic mass is 10.1. The molecule has 0 radical (unpaired) electrons. The van der Waals surface area contributed by atoms with E-state index in [-0.39, 0.29) is 17.9 Å². The van der Waals surface area contributed by atoms with Crippen LogP contribution in [-0.2, 0) is 22.5 Å². The fourth-order valence-corrected chi connectivity index (χ4v) is 3.56. The number of carbonyl (C=O) groups is 1. The first-order valence-electron chi connectivity index (χ1n) is 10.3. The number of amides is 1. The van der Waals surface area contributed by atoms with E-state index >= 15 is 0 Å². The lowest BCUT2D eigenvalue weighted by Crippen LogP contribution is -2.38. The molecule has 1 aliphatic heterocycles. The summed E-state index contributed by atoms with van der Waals surface area (Å²) in [5, 5.41) is 0. The summed E-state index contributed by atoms with van der Waals surface area (Å²) in [5.74, 6) is 1.85. The van der Waals surface area contributed by atoms with Gasteiger partial charge in [0.05, 0.1) is 27.4 Å². The number of carbonyl (C=O) groups excluding carboxylic acids is 1. The Morgan fingerprint density at radius 1 is 1.26 bits per heavy atom. The van der Waals surface area contributed by atoms with Crippen molar-refractivity contribution in [2.24, 2.45) is 0 Å². The van der Waals surface area contributed by atoms with Crippen molar-refractivity contribution in [3.05, 3.63) is 45.4 Å². The second-order valence-electron chi connectivity index (χ2n) is 7.48. The van der Waals surface area contributed by atoms with Crippen molar-refractivity contribution in [3.8, 4) is 11.5 Å². The summed E-state index contributed by atoms with van der Waals surface area (Å²) in [4.78, 5) is 36.3. The van der Waals surface area contributed by atoms with Gasteiger partial charge >= 0.3 is 0 Å². The summed E-state index contributed by atoms with van der Waals surface area (Å²) in [6.45, 7) is 4.83. The van der Waals surface area contributed by atoms with Crippen LogP contribution in [-0.4, -0.2) is 68.3 Å². The Kier molecular flexibility index (Phi) is 7.51. The SMILES string of the molecule is COc1ccc(CN(C)C(=O)CCc2c(C)nc(N3CCOCC3)[nH]c2=O)c(OC)c1. The number of anilines is 1. The van der Waals surface area contributed by atoms with Gasteiger partial charge in [-0.25, -0.2) is 4.98 Å². The van der Waals surface area contributed by atoms with E-state index in [2.05, 4.69) is 9.97 Å². The van der Waals surface area contributed by atoms with Crippen molar-refractivity contribution in [2.75, 3.05) is 52.5 Å². The average Bonchev–Trinajstić information content (AvgIpc) is 2.79. The molecule has 1 aromatic carbocycles. The van der Waals surface area contributed by atoms with E-state index in [1.54, 1.807) is 32.2 Å². The number of morpholine rings is 1. The molecule has 0 aliphatic carbocycles. The van der Waals surface area contributed by atoms with Gasteiger partial charge in [0, 0.05) is 56.0 Å². The quantitative estimate of drug-likeness (QED) is 0.678. The molecule has 0 saturated carbocycles. The standard InChI is InChI=1S/C22H30N4O5/c1-15-18(21(28)24-22(23-15)26-9-11-31-12-10-26)7-8-20(27)25(2)14-16-5-6-17(29-3)13-19(16)30-4/h5-6,13H,7-12,14H2,1-4H3,(H,23,24,28). The predicted octanol–water partition coefficient (Wildman–Crippen LogP) is 1.52. The van der Waals surface area contributed by atoms with Crippen LogP contribution in [0.2, 0.25) is 0 Å². The van der Waals surface area contributed by atoms with Gasteiger partial charge < -0.3 is 24.0 Å². The Morgan fingerprint density at radius 2 is 2.00 bits per heavy atom. The summed E-state index contributed by atoms with van der Waals surface area (Å²) in [6.07, 6.45) is 0.554. The number of hydrogen-bond donors (Lipinski definition) is 1. The fourth-order valence-electron chi connectivity index (χ4n) is 3.56.